The number of H-pyrrole nitrogens is 1. The Kier molecular flexibility index (Phi) is 5.01. The smallest absolute Gasteiger partial charge is 0.306 e. The zero-order valence-electron chi connectivity index (χ0n) is 15.7. The zero-order chi connectivity index (χ0) is 20.4. The van der Waals surface area contributed by atoms with Gasteiger partial charge in [-0.3, -0.25) is 14.6 Å². The number of aromatic amines is 1. The molecular formula is C21H17N3O4S. The molecule has 0 aliphatic carbocycles. The lowest BCUT2D eigenvalue weighted by Crippen LogP contribution is -2.30. The number of benzene rings is 2. The van der Waals surface area contributed by atoms with E-state index >= 15 is 0 Å². The van der Waals surface area contributed by atoms with Gasteiger partial charge in [-0.05, 0) is 36.4 Å². The molecule has 146 valence electrons. The molecule has 1 aliphatic heterocycles. The lowest BCUT2D eigenvalue weighted by molar-refractivity contribution is -0.114. The molecule has 1 amide bonds. The van der Waals surface area contributed by atoms with Gasteiger partial charge < -0.3 is 14.8 Å². The van der Waals surface area contributed by atoms with Crippen LogP contribution in [0.3, 0.4) is 0 Å². The second kappa shape index (κ2) is 7.76. The minimum atomic E-state index is -0.376. The van der Waals surface area contributed by atoms with Gasteiger partial charge in [-0.1, -0.05) is 17.4 Å². The maximum Gasteiger partial charge on any atom is 0.306 e. The van der Waals surface area contributed by atoms with E-state index in [1.54, 1.807) is 32.4 Å². The average molecular weight is 407 g/mol. The molecule has 4 rings (SSSR count). The molecule has 0 fully saturated rings. The molecule has 0 spiro atoms. The third-order valence-electron chi connectivity index (χ3n) is 4.32. The lowest BCUT2D eigenvalue weighted by atomic mass is 10.1. The Morgan fingerprint density at radius 1 is 1.07 bits per heavy atom. The molecule has 0 atom stereocenters. The van der Waals surface area contributed by atoms with Crippen LogP contribution in [0.1, 0.15) is 4.88 Å². The minimum Gasteiger partial charge on any atom is -0.497 e. The van der Waals surface area contributed by atoms with Crippen LogP contribution in [0.25, 0.3) is 12.2 Å². The Morgan fingerprint density at radius 2 is 1.86 bits per heavy atom. The molecule has 8 heteroatoms. The van der Waals surface area contributed by atoms with E-state index in [0.29, 0.717) is 33.1 Å². The molecule has 2 heterocycles. The first-order valence-electron chi connectivity index (χ1n) is 8.70. The van der Waals surface area contributed by atoms with Crippen molar-refractivity contribution in [3.05, 3.63) is 73.2 Å². The van der Waals surface area contributed by atoms with E-state index in [1.807, 2.05) is 36.4 Å². The van der Waals surface area contributed by atoms with Gasteiger partial charge in [0.05, 0.1) is 24.5 Å². The standard InChI is InChI=1S/C21H17N3O4S/c1-27-15-5-3-4-14(10-15)22-19-18(29-21(26)24-19)9-13-8-12-6-7-16(28-2)11-17(12)23-20(13)25/h3-11,22H,1-2H3,(H,24,26)/b13-9+. The summed E-state index contributed by atoms with van der Waals surface area (Å²) >= 11 is 1.01. The second-order valence-corrected chi connectivity index (χ2v) is 7.21. The number of fused-ring (bicyclic) bond motifs is 1. The van der Waals surface area contributed by atoms with Crippen molar-refractivity contribution in [2.45, 2.75) is 0 Å². The van der Waals surface area contributed by atoms with Gasteiger partial charge in [0.15, 0.2) is 0 Å². The van der Waals surface area contributed by atoms with Crippen LogP contribution in [0.2, 0.25) is 0 Å². The molecule has 0 bridgehead atoms. The molecular weight excluding hydrogens is 390 g/mol. The summed E-state index contributed by atoms with van der Waals surface area (Å²) < 4.78 is 10.4. The van der Waals surface area contributed by atoms with E-state index in [-0.39, 0.29) is 10.8 Å². The van der Waals surface area contributed by atoms with Gasteiger partial charge in [0.2, 0.25) is 0 Å². The van der Waals surface area contributed by atoms with Crippen LogP contribution in [-0.2, 0) is 4.79 Å². The molecule has 0 unspecified atom stereocenters. The van der Waals surface area contributed by atoms with Crippen molar-refractivity contribution in [2.75, 3.05) is 19.5 Å². The molecule has 0 saturated carbocycles. The third-order valence-corrected chi connectivity index (χ3v) is 5.15. The highest BCUT2D eigenvalue weighted by atomic mass is 32.1. The van der Waals surface area contributed by atoms with E-state index in [4.69, 9.17) is 9.47 Å². The number of aromatic nitrogens is 1. The number of hydrogen-bond acceptors (Lipinski definition) is 6. The summed E-state index contributed by atoms with van der Waals surface area (Å²) in [7, 11) is 3.15. The molecule has 0 radical (unpaired) electrons. The fraction of sp³-hybridized carbons (Fsp3) is 0.0952. The minimum absolute atomic E-state index is 0.229. The summed E-state index contributed by atoms with van der Waals surface area (Å²) in [5.41, 5.74) is 1.14. The van der Waals surface area contributed by atoms with Crippen LogP contribution in [-0.4, -0.2) is 25.1 Å². The van der Waals surface area contributed by atoms with Gasteiger partial charge in [0, 0.05) is 28.6 Å². The summed E-state index contributed by atoms with van der Waals surface area (Å²) in [6, 6.07) is 12.7. The number of nitrogens with one attached hydrogen (secondary N) is 2. The number of anilines is 2. The molecule has 29 heavy (non-hydrogen) atoms. The maximum atomic E-state index is 12.5. The van der Waals surface area contributed by atoms with Crippen LogP contribution in [0, 0.1) is 0 Å². The van der Waals surface area contributed by atoms with Gasteiger partial charge in [0.25, 0.3) is 5.91 Å². The van der Waals surface area contributed by atoms with Crippen molar-refractivity contribution in [3.8, 4) is 11.5 Å². The topological polar surface area (TPSA) is 92.8 Å². The summed E-state index contributed by atoms with van der Waals surface area (Å²) in [6.45, 7) is 0. The van der Waals surface area contributed by atoms with Crippen molar-refractivity contribution in [1.82, 2.24) is 4.98 Å². The van der Waals surface area contributed by atoms with Crippen LogP contribution in [0.4, 0.5) is 11.5 Å². The lowest BCUT2D eigenvalue weighted by Gasteiger charge is -2.08. The summed E-state index contributed by atoms with van der Waals surface area (Å²) in [6.07, 6.45) is 3.41. The maximum absolute atomic E-state index is 12.5. The fourth-order valence-electron chi connectivity index (χ4n) is 2.90. The highest BCUT2D eigenvalue weighted by molar-refractivity contribution is 7.10. The largest absolute Gasteiger partial charge is 0.497 e. The van der Waals surface area contributed by atoms with Gasteiger partial charge >= 0.3 is 4.87 Å². The average Bonchev–Trinajstić information content (AvgIpc) is 3.06. The molecule has 3 aromatic rings. The third kappa shape index (κ3) is 3.97. The van der Waals surface area contributed by atoms with Gasteiger partial charge in [-0.25, -0.2) is 4.99 Å². The van der Waals surface area contributed by atoms with Crippen molar-refractivity contribution in [1.29, 1.82) is 0 Å². The van der Waals surface area contributed by atoms with Gasteiger partial charge in [-0.2, -0.15) is 0 Å². The second-order valence-electron chi connectivity index (χ2n) is 6.20. The van der Waals surface area contributed by atoms with E-state index < -0.39 is 0 Å². The van der Waals surface area contributed by atoms with E-state index in [0.717, 1.165) is 22.2 Å². The van der Waals surface area contributed by atoms with Crippen molar-refractivity contribution >= 4 is 40.9 Å². The van der Waals surface area contributed by atoms with Gasteiger partial charge in [-0.15, -0.1) is 0 Å². The number of carbonyl (C=O) groups excluding carboxylic acids is 1. The number of methoxy groups -OCH3 is 2. The van der Waals surface area contributed by atoms with Crippen molar-refractivity contribution in [2.24, 2.45) is 4.99 Å². The quantitative estimate of drug-likeness (QED) is 0.633. The SMILES string of the molecule is COc1cccc(Nc2[nH]c(=O)sc2/C=C2\C=c3ccc(OC)cc3=NC2=O)c1. The first kappa shape index (κ1) is 18.7. The Bertz CT molecular complexity index is 1300. The molecule has 2 aromatic carbocycles. The Balaban J connectivity index is 1.72. The summed E-state index contributed by atoms with van der Waals surface area (Å²) in [5.74, 6) is 1.45. The van der Waals surface area contributed by atoms with Crippen LogP contribution in [0.15, 0.2) is 57.8 Å². The highest BCUT2D eigenvalue weighted by Gasteiger charge is 2.14. The van der Waals surface area contributed by atoms with Crippen molar-refractivity contribution < 1.29 is 14.3 Å². The van der Waals surface area contributed by atoms with E-state index in [1.165, 1.54) is 0 Å². The van der Waals surface area contributed by atoms with Gasteiger partial charge in [0.1, 0.15) is 17.3 Å². The normalized spacial score (nSPS) is 14.0. The Morgan fingerprint density at radius 3 is 2.66 bits per heavy atom. The molecule has 1 aromatic heterocycles. The number of hydrogen-bond donors (Lipinski definition) is 2. The summed E-state index contributed by atoms with van der Waals surface area (Å²) in [4.78, 5) is 31.7. The van der Waals surface area contributed by atoms with E-state index in [2.05, 4.69) is 15.3 Å². The predicted molar refractivity (Wildman–Crippen MR) is 112 cm³/mol. The molecule has 0 saturated heterocycles. The number of amides is 1. The fourth-order valence-corrected chi connectivity index (χ4v) is 3.64. The number of rotatable bonds is 5. The number of ether oxygens (including phenoxy) is 2. The van der Waals surface area contributed by atoms with Crippen LogP contribution in [0.5, 0.6) is 11.5 Å². The summed E-state index contributed by atoms with van der Waals surface area (Å²) in [5, 5.41) is 4.53. The molecule has 2 N–H and O–H groups in total. The Hall–Kier alpha value is -3.65. The van der Waals surface area contributed by atoms with Crippen LogP contribution >= 0.6 is 11.3 Å². The monoisotopic (exact) mass is 407 g/mol. The van der Waals surface area contributed by atoms with E-state index in [9.17, 15) is 9.59 Å². The number of nitrogens with zero attached hydrogens (tertiary/aromatic N) is 1. The number of carbonyl (C=O) groups is 1. The first-order chi connectivity index (χ1) is 14.1. The zero-order valence-corrected chi connectivity index (χ0v) is 16.5. The Labute approximate surface area is 169 Å². The predicted octanol–water partition coefficient (Wildman–Crippen LogP) is 2.22. The van der Waals surface area contributed by atoms with Crippen molar-refractivity contribution in [3.63, 3.8) is 0 Å². The van der Waals surface area contributed by atoms with Crippen LogP contribution < -0.4 is 30.2 Å². The first-order valence-corrected chi connectivity index (χ1v) is 9.52. The molecule has 7 nitrogen and oxygen atoms in total. The highest BCUT2D eigenvalue weighted by Crippen LogP contribution is 2.26. The molecule has 1 aliphatic rings. The number of thiazole rings is 1.